The molecule has 0 bridgehead atoms. The molecule has 0 aliphatic carbocycles. The van der Waals surface area contributed by atoms with Gasteiger partial charge in [-0.1, -0.05) is 34.9 Å². The van der Waals surface area contributed by atoms with Gasteiger partial charge in [0.05, 0.1) is 0 Å². The van der Waals surface area contributed by atoms with E-state index >= 15 is 0 Å². The average molecular weight is 322 g/mol. The topological polar surface area (TPSA) is 38.3 Å². The van der Waals surface area contributed by atoms with Crippen LogP contribution in [0.5, 0.6) is 0 Å². The highest BCUT2D eigenvalue weighted by molar-refractivity contribution is 5.66. The van der Waals surface area contributed by atoms with Gasteiger partial charge in [0.15, 0.2) is 0 Å². The Labute approximate surface area is 142 Å². The largest absolute Gasteiger partial charge is 0.447 e. The summed E-state index contributed by atoms with van der Waals surface area (Å²) < 4.78 is 5.15. The number of amides is 1. The predicted molar refractivity (Wildman–Crippen MR) is 99.6 cm³/mol. The van der Waals surface area contributed by atoms with E-state index in [-0.39, 0.29) is 12.2 Å². The Balaban J connectivity index is 3.93. The van der Waals surface area contributed by atoms with Crippen LogP contribution in [0.3, 0.4) is 0 Å². The minimum Gasteiger partial charge on any atom is -0.447 e. The first kappa shape index (κ1) is 21.5. The Kier molecular flexibility index (Phi) is 12.1. The summed E-state index contributed by atoms with van der Waals surface area (Å²) in [5.41, 5.74) is 4.28. The fourth-order valence-corrected chi connectivity index (χ4v) is 2.20. The smallest absolute Gasteiger partial charge is 0.407 e. The maximum atomic E-state index is 11.1. The van der Waals surface area contributed by atoms with Gasteiger partial charge in [0.2, 0.25) is 0 Å². The fourth-order valence-electron chi connectivity index (χ4n) is 2.20. The van der Waals surface area contributed by atoms with Gasteiger partial charge in [-0.15, -0.1) is 0 Å². The Morgan fingerprint density at radius 1 is 0.957 bits per heavy atom. The number of hydrogen-bond acceptors (Lipinski definition) is 2. The lowest BCUT2D eigenvalue weighted by Gasteiger charge is -2.11. The van der Waals surface area contributed by atoms with Crippen molar-refractivity contribution in [1.82, 2.24) is 5.32 Å². The molecule has 0 saturated carbocycles. The molecule has 0 rings (SSSR count). The van der Waals surface area contributed by atoms with E-state index in [2.05, 4.69) is 51.2 Å². The van der Waals surface area contributed by atoms with Crippen molar-refractivity contribution < 1.29 is 9.53 Å². The molecule has 0 fully saturated rings. The van der Waals surface area contributed by atoms with Gasteiger partial charge in [-0.05, 0) is 73.1 Å². The number of hydrogen-bond donors (Lipinski definition) is 1. The fraction of sp³-hybridized carbons (Fsp3) is 0.650. The van der Waals surface area contributed by atoms with Gasteiger partial charge in [-0.2, -0.15) is 0 Å². The van der Waals surface area contributed by atoms with E-state index in [9.17, 15) is 4.79 Å². The van der Waals surface area contributed by atoms with Crippen molar-refractivity contribution in [3.8, 4) is 0 Å². The average Bonchev–Trinajstić information content (AvgIpc) is 2.46. The van der Waals surface area contributed by atoms with E-state index in [1.165, 1.54) is 16.7 Å². The molecular formula is C20H35NO2. The second kappa shape index (κ2) is 13.0. The molecule has 132 valence electrons. The van der Waals surface area contributed by atoms with Gasteiger partial charge in [0.1, 0.15) is 6.10 Å². The molecule has 1 unspecified atom stereocenters. The summed E-state index contributed by atoms with van der Waals surface area (Å²) in [5.74, 6) is 0. The van der Waals surface area contributed by atoms with Crippen LogP contribution < -0.4 is 5.32 Å². The van der Waals surface area contributed by atoms with Crippen molar-refractivity contribution in [2.75, 3.05) is 7.05 Å². The maximum Gasteiger partial charge on any atom is 0.407 e. The van der Waals surface area contributed by atoms with Crippen molar-refractivity contribution in [3.63, 3.8) is 0 Å². The molecule has 0 heterocycles. The van der Waals surface area contributed by atoms with Crippen LogP contribution >= 0.6 is 0 Å². The lowest BCUT2D eigenvalue weighted by atomic mass is 10.1. The van der Waals surface area contributed by atoms with Gasteiger partial charge < -0.3 is 10.1 Å². The first-order chi connectivity index (χ1) is 10.8. The molecular weight excluding hydrogens is 286 g/mol. The third-order valence-corrected chi connectivity index (χ3v) is 3.70. The van der Waals surface area contributed by atoms with Crippen LogP contribution in [0.25, 0.3) is 0 Å². The molecule has 1 atom stereocenters. The summed E-state index contributed by atoms with van der Waals surface area (Å²) in [7, 11) is 1.58. The van der Waals surface area contributed by atoms with Gasteiger partial charge >= 0.3 is 6.09 Å². The number of rotatable bonds is 10. The Morgan fingerprint density at radius 3 is 2.00 bits per heavy atom. The van der Waals surface area contributed by atoms with Crippen molar-refractivity contribution in [3.05, 3.63) is 34.9 Å². The lowest BCUT2D eigenvalue weighted by molar-refractivity contribution is 0.105. The van der Waals surface area contributed by atoms with E-state index in [0.29, 0.717) is 0 Å². The first-order valence-electron chi connectivity index (χ1n) is 8.68. The monoisotopic (exact) mass is 321 g/mol. The molecule has 3 heteroatoms. The van der Waals surface area contributed by atoms with Crippen molar-refractivity contribution in [1.29, 1.82) is 0 Å². The predicted octanol–water partition coefficient (Wildman–Crippen LogP) is 5.93. The molecule has 0 aromatic heterocycles. The third-order valence-electron chi connectivity index (χ3n) is 3.70. The number of alkyl carbamates (subject to hydrolysis) is 1. The molecule has 0 aromatic carbocycles. The van der Waals surface area contributed by atoms with Crippen LogP contribution in [0, 0.1) is 0 Å². The third kappa shape index (κ3) is 13.8. The zero-order valence-electron chi connectivity index (χ0n) is 15.9. The van der Waals surface area contributed by atoms with E-state index in [4.69, 9.17) is 4.74 Å². The van der Waals surface area contributed by atoms with Crippen LogP contribution in [0.1, 0.15) is 73.1 Å². The molecule has 0 aromatic rings. The van der Waals surface area contributed by atoms with E-state index in [0.717, 1.165) is 38.5 Å². The van der Waals surface area contributed by atoms with E-state index in [1.807, 2.05) is 6.92 Å². The quantitative estimate of drug-likeness (QED) is 0.506. The number of carbonyl (C=O) groups excluding carboxylic acids is 1. The molecule has 0 aliphatic rings. The van der Waals surface area contributed by atoms with Crippen LogP contribution in [0.4, 0.5) is 4.79 Å². The molecule has 1 amide bonds. The van der Waals surface area contributed by atoms with Crippen molar-refractivity contribution in [2.45, 2.75) is 79.2 Å². The van der Waals surface area contributed by atoms with Crippen LogP contribution in [-0.4, -0.2) is 19.2 Å². The second-order valence-corrected chi connectivity index (χ2v) is 6.50. The summed E-state index contributed by atoms with van der Waals surface area (Å²) in [6.07, 6.45) is 12.8. The summed E-state index contributed by atoms with van der Waals surface area (Å²) >= 11 is 0. The highest BCUT2D eigenvalue weighted by Crippen LogP contribution is 2.13. The summed E-state index contributed by atoms with van der Waals surface area (Å²) in [5, 5.41) is 2.47. The molecule has 3 nitrogen and oxygen atoms in total. The summed E-state index contributed by atoms with van der Waals surface area (Å²) in [6.45, 7) is 10.6. The minimum absolute atomic E-state index is 0.0452. The molecule has 0 spiro atoms. The molecule has 1 N–H and O–H groups in total. The molecule has 0 saturated heterocycles. The zero-order valence-corrected chi connectivity index (χ0v) is 15.9. The van der Waals surface area contributed by atoms with Crippen molar-refractivity contribution >= 4 is 6.09 Å². The Hall–Kier alpha value is -1.51. The van der Waals surface area contributed by atoms with Crippen LogP contribution in [0.2, 0.25) is 0 Å². The summed E-state index contributed by atoms with van der Waals surface area (Å²) in [6, 6.07) is 0. The van der Waals surface area contributed by atoms with E-state index < -0.39 is 0 Å². The Morgan fingerprint density at radius 2 is 1.48 bits per heavy atom. The standard InChI is InChI=1S/C20H35NO2/c1-16(2)10-7-11-17(3)12-8-13-18(4)14-9-15-19(5)23-20(22)21-6/h10,12,14,19H,7-9,11,13,15H2,1-6H3,(H,21,22)/b17-12+,18-14+. The highest BCUT2D eigenvalue weighted by atomic mass is 16.6. The highest BCUT2D eigenvalue weighted by Gasteiger charge is 2.05. The van der Waals surface area contributed by atoms with Crippen LogP contribution in [-0.2, 0) is 4.74 Å². The number of nitrogens with one attached hydrogen (secondary N) is 1. The second-order valence-electron chi connectivity index (χ2n) is 6.50. The van der Waals surface area contributed by atoms with Gasteiger partial charge in [0, 0.05) is 7.05 Å². The van der Waals surface area contributed by atoms with Gasteiger partial charge in [0.25, 0.3) is 0 Å². The lowest BCUT2D eigenvalue weighted by Crippen LogP contribution is -2.24. The van der Waals surface area contributed by atoms with Crippen molar-refractivity contribution in [2.24, 2.45) is 0 Å². The Bertz CT molecular complexity index is 429. The molecule has 0 aliphatic heterocycles. The number of carbonyl (C=O) groups is 1. The zero-order chi connectivity index (χ0) is 17.7. The SMILES string of the molecule is CNC(=O)OC(C)CC/C=C(\C)CC/C=C(\C)CCC=C(C)C. The van der Waals surface area contributed by atoms with Gasteiger partial charge in [-0.25, -0.2) is 4.79 Å². The summed E-state index contributed by atoms with van der Waals surface area (Å²) in [4.78, 5) is 11.1. The molecule has 23 heavy (non-hydrogen) atoms. The first-order valence-corrected chi connectivity index (χ1v) is 8.68. The van der Waals surface area contributed by atoms with E-state index in [1.54, 1.807) is 7.05 Å². The maximum absolute atomic E-state index is 11.1. The van der Waals surface area contributed by atoms with Crippen LogP contribution in [0.15, 0.2) is 34.9 Å². The number of ether oxygens (including phenoxy) is 1. The molecule has 0 radical (unpaired) electrons. The minimum atomic E-state index is -0.355. The normalized spacial score (nSPS) is 13.5. The van der Waals surface area contributed by atoms with Gasteiger partial charge in [-0.3, -0.25) is 0 Å². The number of allylic oxidation sites excluding steroid dienone is 6.